The van der Waals surface area contributed by atoms with E-state index in [0.29, 0.717) is 19.3 Å². The Morgan fingerprint density at radius 1 is 0.270 bits per heavy atom. The number of hydrogen-bond acceptors (Lipinski definition) is 6. The number of unbranched alkanes of at least 4 members (excludes halogenated alkanes) is 47. The minimum absolute atomic E-state index is 0.0720. The number of esters is 3. The van der Waals surface area contributed by atoms with Crippen LogP contribution in [0.3, 0.4) is 0 Å². The zero-order valence-corrected chi connectivity index (χ0v) is 50.1. The molecule has 0 aromatic carbocycles. The molecule has 0 aromatic rings. The molecule has 0 saturated carbocycles. The summed E-state index contributed by atoms with van der Waals surface area (Å²) in [5, 5.41) is 0. The van der Waals surface area contributed by atoms with Gasteiger partial charge in [-0.25, -0.2) is 0 Å². The largest absolute Gasteiger partial charge is 0.462 e. The molecule has 0 aliphatic heterocycles. The lowest BCUT2D eigenvalue weighted by atomic mass is 10.0. The minimum atomic E-state index is -0.773. The molecule has 0 spiro atoms. The first-order valence-electron chi connectivity index (χ1n) is 33.3. The van der Waals surface area contributed by atoms with E-state index in [9.17, 15) is 14.4 Å². The van der Waals surface area contributed by atoms with E-state index in [2.05, 4.69) is 45.1 Å². The molecule has 1 atom stereocenters. The van der Waals surface area contributed by atoms with Crippen molar-refractivity contribution in [3.63, 3.8) is 0 Å². The summed E-state index contributed by atoms with van der Waals surface area (Å²) in [6.45, 7) is 6.60. The zero-order chi connectivity index (χ0) is 53.6. The van der Waals surface area contributed by atoms with Crippen LogP contribution in [0.2, 0.25) is 0 Å². The molecule has 0 rings (SSSR count). The molecule has 1 unspecified atom stereocenters. The van der Waals surface area contributed by atoms with Gasteiger partial charge in [0.1, 0.15) is 13.2 Å². The average Bonchev–Trinajstić information content (AvgIpc) is 3.40. The summed E-state index contributed by atoms with van der Waals surface area (Å²) in [5.41, 5.74) is 0. The molecule has 6 nitrogen and oxygen atoms in total. The fraction of sp³-hybridized carbons (Fsp3) is 0.897. The molecule has 0 fully saturated rings. The molecule has 0 heterocycles. The van der Waals surface area contributed by atoms with Gasteiger partial charge in [-0.15, -0.1) is 0 Å². The van der Waals surface area contributed by atoms with Gasteiger partial charge in [-0.2, -0.15) is 0 Å². The first-order chi connectivity index (χ1) is 36.5. The zero-order valence-electron chi connectivity index (χ0n) is 50.1. The fourth-order valence-electron chi connectivity index (χ4n) is 10.2. The van der Waals surface area contributed by atoms with Crippen molar-refractivity contribution in [2.24, 2.45) is 0 Å². The lowest BCUT2D eigenvalue weighted by molar-refractivity contribution is -0.167. The number of allylic oxidation sites excluding steroid dienone is 4. The van der Waals surface area contributed by atoms with Gasteiger partial charge in [-0.1, -0.05) is 334 Å². The van der Waals surface area contributed by atoms with Crippen molar-refractivity contribution < 1.29 is 28.6 Å². The third-order valence-electron chi connectivity index (χ3n) is 15.2. The summed E-state index contributed by atoms with van der Waals surface area (Å²) in [4.78, 5) is 38.1. The normalized spacial score (nSPS) is 12.1. The van der Waals surface area contributed by atoms with Crippen LogP contribution in [0.25, 0.3) is 0 Å². The molecule has 0 aliphatic rings. The van der Waals surface area contributed by atoms with E-state index in [1.165, 1.54) is 244 Å². The highest BCUT2D eigenvalue weighted by molar-refractivity contribution is 5.71. The second kappa shape index (κ2) is 63.4. The molecule has 0 radical (unpaired) electrons. The summed E-state index contributed by atoms with van der Waals surface area (Å²) in [6, 6.07) is 0. The summed E-state index contributed by atoms with van der Waals surface area (Å²) < 4.78 is 16.8. The number of hydrogen-bond donors (Lipinski definition) is 0. The molecular weight excluding hydrogens is 913 g/mol. The summed E-state index contributed by atoms with van der Waals surface area (Å²) >= 11 is 0. The first kappa shape index (κ1) is 71.9. The topological polar surface area (TPSA) is 78.9 Å². The van der Waals surface area contributed by atoms with E-state index >= 15 is 0 Å². The molecular formula is C68H128O6. The lowest BCUT2D eigenvalue weighted by Crippen LogP contribution is -2.30. The third kappa shape index (κ3) is 60.8. The van der Waals surface area contributed by atoms with Crippen LogP contribution in [0.5, 0.6) is 0 Å². The Hall–Kier alpha value is -2.11. The van der Waals surface area contributed by atoms with Crippen molar-refractivity contribution >= 4 is 17.9 Å². The Morgan fingerprint density at radius 2 is 0.514 bits per heavy atom. The van der Waals surface area contributed by atoms with Gasteiger partial charge in [-0.05, 0) is 44.9 Å². The van der Waals surface area contributed by atoms with Crippen molar-refractivity contribution in [3.8, 4) is 0 Å². The number of rotatable bonds is 62. The highest BCUT2D eigenvalue weighted by Gasteiger charge is 2.19. The van der Waals surface area contributed by atoms with Crippen molar-refractivity contribution in [1.82, 2.24) is 0 Å². The number of carbonyl (C=O) groups is 3. The number of carbonyl (C=O) groups excluding carboxylic acids is 3. The van der Waals surface area contributed by atoms with Crippen molar-refractivity contribution in [3.05, 3.63) is 24.3 Å². The Labute approximate surface area is 462 Å². The lowest BCUT2D eigenvalue weighted by Gasteiger charge is -2.18. The van der Waals surface area contributed by atoms with Gasteiger partial charge in [0.15, 0.2) is 6.10 Å². The predicted octanol–water partition coefficient (Wildman–Crippen LogP) is 22.6. The average molecular weight is 1040 g/mol. The summed E-state index contributed by atoms with van der Waals surface area (Å²) in [6.07, 6.45) is 76.7. The molecule has 0 bridgehead atoms. The first-order valence-corrected chi connectivity index (χ1v) is 33.3. The monoisotopic (exact) mass is 1040 g/mol. The SMILES string of the molecule is CCC/C=C\C/C=C\CCCCCCCC(=O)OC(COC(=O)CCCCCCCCCCC)COC(=O)CCCCCCCCCCCCCCCCCCCCCCCCCCCCCCCCCCCC. The van der Waals surface area contributed by atoms with Gasteiger partial charge in [-0.3, -0.25) is 14.4 Å². The van der Waals surface area contributed by atoms with Crippen LogP contribution in [0, 0.1) is 0 Å². The minimum Gasteiger partial charge on any atom is -0.462 e. The smallest absolute Gasteiger partial charge is 0.306 e. The fourth-order valence-corrected chi connectivity index (χ4v) is 10.2. The second-order valence-electron chi connectivity index (χ2n) is 22.7. The van der Waals surface area contributed by atoms with E-state index in [0.717, 1.165) is 89.9 Å². The number of ether oxygens (including phenoxy) is 3. The Kier molecular flexibility index (Phi) is 61.6. The van der Waals surface area contributed by atoms with E-state index in [1.807, 2.05) is 0 Å². The van der Waals surface area contributed by atoms with Crippen molar-refractivity contribution in [1.29, 1.82) is 0 Å². The summed E-state index contributed by atoms with van der Waals surface area (Å²) in [5.74, 6) is -0.868. The standard InChI is InChI=1S/C68H128O6/c1-4-7-10-13-16-19-21-23-24-25-26-27-28-29-30-31-32-33-34-35-36-37-38-39-40-41-42-43-45-46-49-52-55-58-61-67(70)73-64-65(63-72-66(69)60-57-54-51-48-18-15-12-9-6-3)74-68(71)62-59-56-53-50-47-44-22-20-17-14-11-8-5-2/h11,14,20,22,65H,4-10,12-13,15-19,21,23-64H2,1-3H3/b14-11-,22-20-. The van der Waals surface area contributed by atoms with Gasteiger partial charge in [0, 0.05) is 19.3 Å². The van der Waals surface area contributed by atoms with Gasteiger partial charge < -0.3 is 14.2 Å². The van der Waals surface area contributed by atoms with Crippen LogP contribution >= 0.6 is 0 Å². The van der Waals surface area contributed by atoms with Crippen LogP contribution in [-0.4, -0.2) is 37.2 Å². The highest BCUT2D eigenvalue weighted by atomic mass is 16.6. The van der Waals surface area contributed by atoms with E-state index in [-0.39, 0.29) is 31.1 Å². The molecule has 0 aromatic heterocycles. The van der Waals surface area contributed by atoms with Crippen molar-refractivity contribution in [2.75, 3.05) is 13.2 Å². The van der Waals surface area contributed by atoms with Crippen LogP contribution in [-0.2, 0) is 28.6 Å². The molecule has 0 amide bonds. The van der Waals surface area contributed by atoms with Crippen LogP contribution in [0.4, 0.5) is 0 Å². The van der Waals surface area contributed by atoms with Gasteiger partial charge in [0.2, 0.25) is 0 Å². The molecule has 0 saturated heterocycles. The molecule has 0 N–H and O–H groups in total. The predicted molar refractivity (Wildman–Crippen MR) is 321 cm³/mol. The van der Waals surface area contributed by atoms with Gasteiger partial charge in [0.25, 0.3) is 0 Å². The van der Waals surface area contributed by atoms with Gasteiger partial charge >= 0.3 is 17.9 Å². The molecule has 436 valence electrons. The molecule has 0 aliphatic carbocycles. The van der Waals surface area contributed by atoms with Gasteiger partial charge in [0.05, 0.1) is 0 Å². The summed E-state index contributed by atoms with van der Waals surface area (Å²) in [7, 11) is 0. The van der Waals surface area contributed by atoms with Crippen molar-refractivity contribution in [2.45, 2.75) is 380 Å². The molecule has 6 heteroatoms. The Bertz CT molecular complexity index is 1190. The third-order valence-corrected chi connectivity index (χ3v) is 15.2. The van der Waals surface area contributed by atoms with Crippen LogP contribution in [0.1, 0.15) is 374 Å². The van der Waals surface area contributed by atoms with Crippen LogP contribution in [0.15, 0.2) is 24.3 Å². The quantitative estimate of drug-likeness (QED) is 0.0261. The van der Waals surface area contributed by atoms with Crippen LogP contribution < -0.4 is 0 Å². The Morgan fingerprint density at radius 3 is 0.797 bits per heavy atom. The second-order valence-corrected chi connectivity index (χ2v) is 22.7. The maximum Gasteiger partial charge on any atom is 0.306 e. The Balaban J connectivity index is 3.93. The maximum absolute atomic E-state index is 12.8. The molecule has 74 heavy (non-hydrogen) atoms. The van der Waals surface area contributed by atoms with E-state index in [4.69, 9.17) is 14.2 Å². The van der Waals surface area contributed by atoms with E-state index in [1.54, 1.807) is 0 Å². The highest BCUT2D eigenvalue weighted by Crippen LogP contribution is 2.19. The van der Waals surface area contributed by atoms with E-state index < -0.39 is 6.10 Å². The maximum atomic E-state index is 12.8.